The minimum Gasteiger partial charge on any atom is -0.507 e. The summed E-state index contributed by atoms with van der Waals surface area (Å²) in [6.07, 6.45) is 0.888. The van der Waals surface area contributed by atoms with Gasteiger partial charge in [0.15, 0.2) is 5.78 Å². The van der Waals surface area contributed by atoms with E-state index in [1.807, 2.05) is 36.4 Å². The first kappa shape index (κ1) is 22.0. The summed E-state index contributed by atoms with van der Waals surface area (Å²) < 4.78 is 10.8. The van der Waals surface area contributed by atoms with Gasteiger partial charge in [-0.25, -0.2) is 0 Å². The number of ether oxygens (including phenoxy) is 2. The lowest BCUT2D eigenvalue weighted by molar-refractivity contribution is -0.120. The van der Waals surface area contributed by atoms with Gasteiger partial charge in [0.2, 0.25) is 0 Å². The molecule has 0 aromatic heterocycles. The molecule has 156 valence electrons. The molecule has 4 nitrogen and oxygen atoms in total. The summed E-state index contributed by atoms with van der Waals surface area (Å²) in [5.74, 6) is 1.34. The summed E-state index contributed by atoms with van der Waals surface area (Å²) in [6.45, 7) is 1.77. The zero-order valence-electron chi connectivity index (χ0n) is 16.7. The SMILES string of the molecule is CCC(=O)COc1cc(Cl)c(Cc2ccc(O)c(-c3cccc(OC)c3)c2)c(Cl)c1. The van der Waals surface area contributed by atoms with Crippen LogP contribution < -0.4 is 9.47 Å². The van der Waals surface area contributed by atoms with Gasteiger partial charge < -0.3 is 14.6 Å². The molecule has 0 bridgehead atoms. The van der Waals surface area contributed by atoms with Crippen LogP contribution in [0, 0.1) is 0 Å². The number of hydrogen-bond acceptors (Lipinski definition) is 4. The molecule has 0 aliphatic rings. The number of Topliss-reactive ketones (excluding diaryl/α,β-unsaturated/α-hetero) is 1. The van der Waals surface area contributed by atoms with Crippen molar-refractivity contribution in [3.8, 4) is 28.4 Å². The van der Waals surface area contributed by atoms with Gasteiger partial charge in [0, 0.05) is 28.5 Å². The molecule has 1 N–H and O–H groups in total. The molecule has 0 saturated carbocycles. The molecule has 0 aliphatic heterocycles. The number of ketones is 1. The van der Waals surface area contributed by atoms with Crippen LogP contribution in [0.2, 0.25) is 10.0 Å². The molecule has 6 heteroatoms. The van der Waals surface area contributed by atoms with Crippen LogP contribution in [0.15, 0.2) is 54.6 Å². The second kappa shape index (κ2) is 9.88. The maximum absolute atomic E-state index is 11.5. The number of carbonyl (C=O) groups is 1. The normalized spacial score (nSPS) is 10.7. The van der Waals surface area contributed by atoms with E-state index in [2.05, 4.69) is 0 Å². The lowest BCUT2D eigenvalue weighted by atomic mass is 9.98. The molecule has 3 aromatic carbocycles. The fourth-order valence-corrected chi connectivity index (χ4v) is 3.62. The van der Waals surface area contributed by atoms with Gasteiger partial charge in [0.25, 0.3) is 0 Å². The van der Waals surface area contributed by atoms with Crippen LogP contribution in [0.4, 0.5) is 0 Å². The zero-order chi connectivity index (χ0) is 21.7. The molecule has 3 rings (SSSR count). The van der Waals surface area contributed by atoms with Crippen molar-refractivity contribution in [2.45, 2.75) is 19.8 Å². The van der Waals surface area contributed by atoms with Crippen LogP contribution in [-0.2, 0) is 11.2 Å². The summed E-state index contributed by atoms with van der Waals surface area (Å²) in [6, 6.07) is 16.2. The molecule has 0 radical (unpaired) electrons. The van der Waals surface area contributed by atoms with E-state index >= 15 is 0 Å². The molecule has 0 aliphatic carbocycles. The molecule has 0 unspecified atom stereocenters. The van der Waals surface area contributed by atoms with Gasteiger partial charge in [-0.1, -0.05) is 48.3 Å². The Kier molecular flexibility index (Phi) is 7.24. The lowest BCUT2D eigenvalue weighted by Gasteiger charge is -2.13. The number of halogens is 2. The average molecular weight is 445 g/mol. The van der Waals surface area contributed by atoms with Crippen molar-refractivity contribution in [2.75, 3.05) is 13.7 Å². The molecule has 0 heterocycles. The summed E-state index contributed by atoms with van der Waals surface area (Å²) in [5.41, 5.74) is 3.21. The van der Waals surface area contributed by atoms with Crippen LogP contribution in [0.1, 0.15) is 24.5 Å². The predicted molar refractivity (Wildman–Crippen MR) is 120 cm³/mol. The Morgan fingerprint density at radius 3 is 2.40 bits per heavy atom. The third kappa shape index (κ3) is 5.26. The van der Waals surface area contributed by atoms with E-state index in [1.54, 1.807) is 32.2 Å². The number of phenolic OH excluding ortho intramolecular Hbond substituents is 1. The van der Waals surface area contributed by atoms with E-state index in [4.69, 9.17) is 32.7 Å². The van der Waals surface area contributed by atoms with Crippen LogP contribution in [0.3, 0.4) is 0 Å². The molecule has 0 spiro atoms. The van der Waals surface area contributed by atoms with Crippen LogP contribution in [-0.4, -0.2) is 24.6 Å². The van der Waals surface area contributed by atoms with Crippen LogP contribution in [0.5, 0.6) is 17.2 Å². The Hall–Kier alpha value is -2.69. The Morgan fingerprint density at radius 1 is 1.00 bits per heavy atom. The predicted octanol–water partition coefficient (Wildman–Crippen LogP) is 6.32. The minimum atomic E-state index is -0.00956. The van der Waals surface area contributed by atoms with Gasteiger partial charge in [-0.05, 0) is 53.1 Å². The van der Waals surface area contributed by atoms with Crippen LogP contribution >= 0.6 is 23.2 Å². The fraction of sp³-hybridized carbons (Fsp3) is 0.208. The summed E-state index contributed by atoms with van der Waals surface area (Å²) in [5, 5.41) is 11.3. The maximum atomic E-state index is 11.5. The third-order valence-electron chi connectivity index (χ3n) is 4.73. The first-order valence-electron chi connectivity index (χ1n) is 9.50. The Bertz CT molecular complexity index is 1040. The van der Waals surface area contributed by atoms with Crippen LogP contribution in [0.25, 0.3) is 11.1 Å². The summed E-state index contributed by atoms with van der Waals surface area (Å²) in [4.78, 5) is 11.5. The summed E-state index contributed by atoms with van der Waals surface area (Å²) in [7, 11) is 1.60. The maximum Gasteiger partial charge on any atom is 0.169 e. The quantitative estimate of drug-likeness (QED) is 0.441. The minimum absolute atomic E-state index is 0.000451. The molecule has 3 aromatic rings. The number of methoxy groups -OCH3 is 1. The smallest absolute Gasteiger partial charge is 0.169 e. The molecular formula is C24H22Cl2O4. The van der Waals surface area contributed by atoms with E-state index in [0.29, 0.717) is 39.9 Å². The standard InChI is InChI=1S/C24H22Cl2O4/c1-3-17(27)14-30-19-12-22(25)21(23(26)13-19)10-15-7-8-24(28)20(9-15)16-5-4-6-18(11-16)29-2/h4-9,11-13,28H,3,10,14H2,1-2H3. The van der Waals surface area contributed by atoms with E-state index in [0.717, 1.165) is 16.7 Å². The third-order valence-corrected chi connectivity index (χ3v) is 5.41. The van der Waals surface area contributed by atoms with Gasteiger partial charge in [0.05, 0.1) is 7.11 Å². The van der Waals surface area contributed by atoms with Gasteiger partial charge in [-0.3, -0.25) is 4.79 Å². The Morgan fingerprint density at radius 2 is 1.73 bits per heavy atom. The van der Waals surface area contributed by atoms with E-state index in [-0.39, 0.29) is 18.1 Å². The highest BCUT2D eigenvalue weighted by Crippen LogP contribution is 2.35. The highest BCUT2D eigenvalue weighted by atomic mass is 35.5. The van der Waals surface area contributed by atoms with E-state index in [9.17, 15) is 9.90 Å². The molecule has 0 fully saturated rings. The number of aromatic hydroxyl groups is 1. The fourth-order valence-electron chi connectivity index (χ4n) is 3.02. The van der Waals surface area contributed by atoms with Crippen molar-refractivity contribution in [1.82, 2.24) is 0 Å². The Labute approximate surface area is 186 Å². The van der Waals surface area contributed by atoms with Crippen molar-refractivity contribution in [1.29, 1.82) is 0 Å². The first-order chi connectivity index (χ1) is 14.4. The van der Waals surface area contributed by atoms with E-state index < -0.39 is 0 Å². The largest absolute Gasteiger partial charge is 0.507 e. The lowest BCUT2D eigenvalue weighted by Crippen LogP contribution is -2.09. The molecule has 0 atom stereocenters. The van der Waals surface area contributed by atoms with E-state index in [1.165, 1.54) is 0 Å². The number of rotatable bonds is 8. The summed E-state index contributed by atoms with van der Waals surface area (Å²) >= 11 is 12.9. The number of phenols is 1. The van der Waals surface area contributed by atoms with Crippen molar-refractivity contribution in [2.24, 2.45) is 0 Å². The van der Waals surface area contributed by atoms with Crippen molar-refractivity contribution in [3.05, 3.63) is 75.8 Å². The highest BCUT2D eigenvalue weighted by Gasteiger charge is 2.13. The van der Waals surface area contributed by atoms with Gasteiger partial charge >= 0.3 is 0 Å². The number of benzene rings is 3. The molecule has 0 amide bonds. The highest BCUT2D eigenvalue weighted by molar-refractivity contribution is 6.36. The molecule has 0 saturated heterocycles. The van der Waals surface area contributed by atoms with Gasteiger partial charge in [-0.15, -0.1) is 0 Å². The number of carbonyl (C=O) groups excluding carboxylic acids is 1. The van der Waals surface area contributed by atoms with Gasteiger partial charge in [-0.2, -0.15) is 0 Å². The second-order valence-electron chi connectivity index (χ2n) is 6.81. The molecule has 30 heavy (non-hydrogen) atoms. The van der Waals surface area contributed by atoms with Gasteiger partial charge in [0.1, 0.15) is 23.9 Å². The van der Waals surface area contributed by atoms with Crippen molar-refractivity contribution < 1.29 is 19.4 Å². The Balaban J connectivity index is 1.87. The first-order valence-corrected chi connectivity index (χ1v) is 10.3. The molecular weight excluding hydrogens is 423 g/mol. The van der Waals surface area contributed by atoms with Crippen molar-refractivity contribution >= 4 is 29.0 Å². The zero-order valence-corrected chi connectivity index (χ0v) is 18.3. The monoisotopic (exact) mass is 444 g/mol. The van der Waals surface area contributed by atoms with Crippen molar-refractivity contribution in [3.63, 3.8) is 0 Å². The topological polar surface area (TPSA) is 55.8 Å². The number of hydrogen-bond donors (Lipinski definition) is 1. The second-order valence-corrected chi connectivity index (χ2v) is 7.62. The average Bonchev–Trinajstić information content (AvgIpc) is 2.75.